The second-order valence-corrected chi connectivity index (χ2v) is 6.45. The number of nitrogens with one attached hydrogen (secondary N) is 2. The number of nitrogens with zero attached hydrogens (tertiary/aromatic N) is 3. The predicted octanol–water partition coefficient (Wildman–Crippen LogP) is 3.02. The summed E-state index contributed by atoms with van der Waals surface area (Å²) >= 11 is 0. The molecular weight excluding hydrogens is 314 g/mol. The SMILES string of the molecule is CNc1cc([C@@H]2CCCN(C(=O)c3ccc4nc[nH]c4c3)C2)ccn1. The Morgan fingerprint density at radius 3 is 3.08 bits per heavy atom. The molecule has 6 heteroatoms. The summed E-state index contributed by atoms with van der Waals surface area (Å²) in [5.41, 5.74) is 3.72. The third-order valence-electron chi connectivity index (χ3n) is 4.89. The van der Waals surface area contributed by atoms with Crippen molar-refractivity contribution in [3.63, 3.8) is 0 Å². The quantitative estimate of drug-likeness (QED) is 0.771. The standard InChI is InChI=1S/C19H21N5O/c1-20-18-10-13(6-7-21-18)15-3-2-8-24(11-15)19(25)14-4-5-16-17(9-14)23-12-22-16/h4-7,9-10,12,15H,2-3,8,11H2,1H3,(H,20,21)(H,22,23)/t15-/m1/s1. The zero-order valence-corrected chi connectivity index (χ0v) is 14.2. The number of hydrogen-bond donors (Lipinski definition) is 2. The summed E-state index contributed by atoms with van der Waals surface area (Å²) in [6.07, 6.45) is 5.59. The first-order valence-corrected chi connectivity index (χ1v) is 8.61. The van der Waals surface area contributed by atoms with Crippen molar-refractivity contribution in [2.45, 2.75) is 18.8 Å². The minimum Gasteiger partial charge on any atom is -0.373 e. The van der Waals surface area contributed by atoms with Gasteiger partial charge in [-0.25, -0.2) is 9.97 Å². The van der Waals surface area contributed by atoms with Crippen LogP contribution in [0.25, 0.3) is 11.0 Å². The Morgan fingerprint density at radius 1 is 1.28 bits per heavy atom. The molecule has 25 heavy (non-hydrogen) atoms. The third-order valence-corrected chi connectivity index (χ3v) is 4.89. The zero-order chi connectivity index (χ0) is 17.2. The predicted molar refractivity (Wildman–Crippen MR) is 97.8 cm³/mol. The number of anilines is 1. The number of pyridine rings is 1. The smallest absolute Gasteiger partial charge is 0.253 e. The van der Waals surface area contributed by atoms with Crippen molar-refractivity contribution in [1.29, 1.82) is 0 Å². The molecule has 0 unspecified atom stereocenters. The molecule has 0 bridgehead atoms. The minimum atomic E-state index is 0.0871. The van der Waals surface area contributed by atoms with Crippen LogP contribution in [0.1, 0.15) is 34.7 Å². The molecule has 0 spiro atoms. The molecule has 1 aromatic carbocycles. The molecule has 3 aromatic rings. The lowest BCUT2D eigenvalue weighted by Gasteiger charge is -2.33. The molecule has 128 valence electrons. The highest BCUT2D eigenvalue weighted by Crippen LogP contribution is 2.28. The van der Waals surface area contributed by atoms with Gasteiger partial charge in [0, 0.05) is 37.8 Å². The first-order chi connectivity index (χ1) is 12.2. The van der Waals surface area contributed by atoms with Crippen LogP contribution in [0, 0.1) is 0 Å². The monoisotopic (exact) mass is 335 g/mol. The number of rotatable bonds is 3. The Kier molecular flexibility index (Phi) is 4.09. The summed E-state index contributed by atoms with van der Waals surface area (Å²) < 4.78 is 0. The van der Waals surface area contributed by atoms with E-state index >= 15 is 0 Å². The van der Waals surface area contributed by atoms with Gasteiger partial charge in [-0.1, -0.05) is 0 Å². The van der Waals surface area contributed by atoms with Crippen LogP contribution in [0.3, 0.4) is 0 Å². The molecule has 2 N–H and O–H groups in total. The largest absolute Gasteiger partial charge is 0.373 e. The van der Waals surface area contributed by atoms with Gasteiger partial charge >= 0.3 is 0 Å². The van der Waals surface area contributed by atoms with Crippen molar-refractivity contribution >= 4 is 22.8 Å². The van der Waals surface area contributed by atoms with Crippen molar-refractivity contribution in [2.24, 2.45) is 0 Å². The number of carbonyl (C=O) groups excluding carboxylic acids is 1. The second kappa shape index (κ2) is 6.55. The lowest BCUT2D eigenvalue weighted by molar-refractivity contribution is 0.0707. The van der Waals surface area contributed by atoms with E-state index in [0.717, 1.165) is 42.8 Å². The Morgan fingerprint density at radius 2 is 2.20 bits per heavy atom. The van der Waals surface area contributed by atoms with E-state index in [9.17, 15) is 4.79 Å². The fraction of sp³-hybridized carbons (Fsp3) is 0.316. The lowest BCUT2D eigenvalue weighted by Crippen LogP contribution is -2.39. The average Bonchev–Trinajstić information content (AvgIpc) is 3.15. The van der Waals surface area contributed by atoms with E-state index < -0.39 is 0 Å². The molecule has 1 aliphatic rings. The van der Waals surface area contributed by atoms with Crippen molar-refractivity contribution in [3.05, 3.63) is 54.0 Å². The van der Waals surface area contributed by atoms with Crippen molar-refractivity contribution in [3.8, 4) is 0 Å². The molecule has 4 rings (SSSR count). The summed E-state index contributed by atoms with van der Waals surface area (Å²) in [6, 6.07) is 9.77. The van der Waals surface area contributed by atoms with Gasteiger partial charge in [-0.2, -0.15) is 0 Å². The van der Waals surface area contributed by atoms with Crippen LogP contribution in [0.2, 0.25) is 0 Å². The van der Waals surface area contributed by atoms with Crippen LogP contribution in [0.4, 0.5) is 5.82 Å². The van der Waals surface area contributed by atoms with Gasteiger partial charge in [0.25, 0.3) is 5.91 Å². The normalized spacial score (nSPS) is 17.6. The number of piperidine rings is 1. The van der Waals surface area contributed by atoms with Gasteiger partial charge in [-0.15, -0.1) is 0 Å². The molecule has 1 fully saturated rings. The molecule has 2 aromatic heterocycles. The van der Waals surface area contributed by atoms with Crippen LogP contribution < -0.4 is 5.32 Å². The highest BCUT2D eigenvalue weighted by Gasteiger charge is 2.26. The van der Waals surface area contributed by atoms with E-state index in [0.29, 0.717) is 11.5 Å². The minimum absolute atomic E-state index is 0.0871. The third kappa shape index (κ3) is 3.07. The summed E-state index contributed by atoms with van der Waals surface area (Å²) in [6.45, 7) is 1.55. The maximum atomic E-state index is 12.9. The molecule has 0 aliphatic carbocycles. The first-order valence-electron chi connectivity index (χ1n) is 8.61. The summed E-state index contributed by atoms with van der Waals surface area (Å²) in [7, 11) is 1.87. The number of hydrogen-bond acceptors (Lipinski definition) is 4. The van der Waals surface area contributed by atoms with Gasteiger partial charge in [0.15, 0.2) is 0 Å². The fourth-order valence-electron chi connectivity index (χ4n) is 3.52. The number of amides is 1. The number of fused-ring (bicyclic) bond motifs is 1. The Bertz CT molecular complexity index is 903. The average molecular weight is 335 g/mol. The highest BCUT2D eigenvalue weighted by atomic mass is 16.2. The van der Waals surface area contributed by atoms with Crippen molar-refractivity contribution < 1.29 is 4.79 Å². The van der Waals surface area contributed by atoms with E-state index in [-0.39, 0.29) is 5.91 Å². The van der Waals surface area contributed by atoms with Crippen LogP contribution in [0.15, 0.2) is 42.9 Å². The molecular formula is C19H21N5O. The van der Waals surface area contributed by atoms with Crippen molar-refractivity contribution in [1.82, 2.24) is 19.9 Å². The molecule has 1 aliphatic heterocycles. The van der Waals surface area contributed by atoms with Gasteiger partial charge in [0.1, 0.15) is 5.82 Å². The first kappa shape index (κ1) is 15.6. The van der Waals surface area contributed by atoms with Crippen LogP contribution >= 0.6 is 0 Å². The maximum Gasteiger partial charge on any atom is 0.253 e. The molecule has 3 heterocycles. The van der Waals surface area contributed by atoms with E-state index in [1.54, 1.807) is 6.33 Å². The molecule has 6 nitrogen and oxygen atoms in total. The van der Waals surface area contributed by atoms with Crippen molar-refractivity contribution in [2.75, 3.05) is 25.5 Å². The van der Waals surface area contributed by atoms with Gasteiger partial charge in [0.2, 0.25) is 0 Å². The number of aromatic amines is 1. The summed E-state index contributed by atoms with van der Waals surface area (Å²) in [5.74, 6) is 1.30. The van der Waals surface area contributed by atoms with E-state index in [1.165, 1.54) is 5.56 Å². The Balaban J connectivity index is 1.54. The topological polar surface area (TPSA) is 73.9 Å². The Labute approximate surface area is 146 Å². The van der Waals surface area contributed by atoms with E-state index in [4.69, 9.17) is 0 Å². The van der Waals surface area contributed by atoms with Gasteiger partial charge in [-0.3, -0.25) is 4.79 Å². The van der Waals surface area contributed by atoms with Crippen LogP contribution in [0.5, 0.6) is 0 Å². The fourth-order valence-corrected chi connectivity index (χ4v) is 3.52. The molecule has 1 amide bonds. The highest BCUT2D eigenvalue weighted by molar-refractivity contribution is 5.97. The summed E-state index contributed by atoms with van der Waals surface area (Å²) in [4.78, 5) is 26.4. The summed E-state index contributed by atoms with van der Waals surface area (Å²) in [5, 5.41) is 3.08. The molecule has 0 saturated carbocycles. The number of benzene rings is 1. The van der Waals surface area contributed by atoms with Gasteiger partial charge in [0.05, 0.1) is 17.4 Å². The molecule has 1 atom stereocenters. The second-order valence-electron chi connectivity index (χ2n) is 6.45. The maximum absolute atomic E-state index is 12.9. The lowest BCUT2D eigenvalue weighted by atomic mass is 9.90. The number of aromatic nitrogens is 3. The number of likely N-dealkylation sites (tertiary alicyclic amines) is 1. The van der Waals surface area contributed by atoms with E-state index in [1.807, 2.05) is 36.3 Å². The molecule has 0 radical (unpaired) electrons. The number of imidazole rings is 1. The molecule has 1 saturated heterocycles. The Hall–Kier alpha value is -2.89. The van der Waals surface area contributed by atoms with Gasteiger partial charge in [-0.05, 0) is 48.7 Å². The van der Waals surface area contributed by atoms with Gasteiger partial charge < -0.3 is 15.2 Å². The van der Waals surface area contributed by atoms with Crippen LogP contribution in [-0.2, 0) is 0 Å². The van der Waals surface area contributed by atoms with Crippen LogP contribution in [-0.4, -0.2) is 45.9 Å². The zero-order valence-electron chi connectivity index (χ0n) is 14.2. The number of H-pyrrole nitrogens is 1. The number of carbonyl (C=O) groups is 1. The van der Waals surface area contributed by atoms with E-state index in [2.05, 4.69) is 32.4 Å².